The van der Waals surface area contributed by atoms with E-state index in [0.717, 1.165) is 6.07 Å². The Morgan fingerprint density at radius 2 is 2.22 bits per heavy atom. The minimum Gasteiger partial charge on any atom is -0.228 e. The average Bonchev–Trinajstić information content (AvgIpc) is 1.64. The van der Waals surface area contributed by atoms with Gasteiger partial charge in [0.05, 0.1) is 0 Å². The second-order valence-electron chi connectivity index (χ2n) is 1.30. The number of aromatic nitrogens is 1. The predicted octanol–water partition coefficient (Wildman–Crippen LogP) is 0.958. The van der Waals surface area contributed by atoms with Crippen molar-refractivity contribution in [2.75, 3.05) is 0 Å². The van der Waals surface area contributed by atoms with Crippen LogP contribution in [0.15, 0.2) is 18.3 Å². The highest BCUT2D eigenvalue weighted by Crippen LogP contribution is 2.05. The summed E-state index contributed by atoms with van der Waals surface area (Å²) in [6, 6.07) is 2.67. The Hall–Kier alpha value is 0.136. The number of hydrogen-bond acceptors (Lipinski definition) is 1. The third-order valence-electron chi connectivity index (χ3n) is 0.689. The Balaban J connectivity index is 0.000000640. The Bertz CT molecular complexity index is 177. The van der Waals surface area contributed by atoms with Crippen LogP contribution in [0.3, 0.4) is 0 Å². The zero-order valence-corrected chi connectivity index (χ0v) is 4.69. The lowest BCUT2D eigenvalue weighted by molar-refractivity contribution is 0.584. The molecule has 0 atom stereocenters. The summed E-state index contributed by atoms with van der Waals surface area (Å²) < 4.78 is 12.0. The van der Waals surface area contributed by atoms with Crippen molar-refractivity contribution in [3.05, 3.63) is 29.3 Å². The molecule has 0 N–H and O–H groups in total. The first-order chi connectivity index (χ1) is 3.79. The fraction of sp³-hybridized carbons (Fsp3) is 0. The summed E-state index contributed by atoms with van der Waals surface area (Å²) >= 11 is 5.36. The number of nitrogens with zero attached hydrogens (tertiary/aromatic N) is 1. The standard InChI is InChI=1S/C5H3ClFN.Mg.2H/c6-4-1-2-8-5(7)3-4;;;/h1-3H;;;. The molecule has 0 bridgehead atoms. The highest BCUT2D eigenvalue weighted by atomic mass is 35.5. The molecule has 1 rings (SSSR count). The maximum Gasteiger partial charge on any atom is 0.316 e. The van der Waals surface area contributed by atoms with Crippen molar-refractivity contribution in [3.63, 3.8) is 0 Å². The molecule has 0 aliphatic rings. The highest BCUT2D eigenvalue weighted by Gasteiger charge is 1.88. The second-order valence-corrected chi connectivity index (χ2v) is 1.73. The summed E-state index contributed by atoms with van der Waals surface area (Å²) in [5, 5.41) is 0.373. The van der Waals surface area contributed by atoms with Crippen LogP contribution in [0.5, 0.6) is 0 Å². The summed E-state index contributed by atoms with van der Waals surface area (Å²) in [6.45, 7) is 0. The van der Waals surface area contributed by atoms with Gasteiger partial charge >= 0.3 is 23.1 Å². The van der Waals surface area contributed by atoms with Gasteiger partial charge in [0, 0.05) is 17.3 Å². The molecule has 0 aliphatic heterocycles. The van der Waals surface area contributed by atoms with Gasteiger partial charge in [-0.2, -0.15) is 4.39 Å². The first-order valence-electron chi connectivity index (χ1n) is 2.06. The van der Waals surface area contributed by atoms with E-state index in [2.05, 4.69) is 4.98 Å². The van der Waals surface area contributed by atoms with Crippen molar-refractivity contribution >= 4 is 34.7 Å². The van der Waals surface area contributed by atoms with Gasteiger partial charge in [-0.05, 0) is 6.07 Å². The molecule has 1 nitrogen and oxygen atoms in total. The van der Waals surface area contributed by atoms with Crippen LogP contribution in [-0.2, 0) is 0 Å². The molecule has 0 aromatic carbocycles. The lowest BCUT2D eigenvalue weighted by Gasteiger charge is -1.84. The molecule has 0 saturated heterocycles. The zero-order valence-electron chi connectivity index (χ0n) is 3.94. The Kier molecular flexibility index (Phi) is 4.09. The van der Waals surface area contributed by atoms with Crippen molar-refractivity contribution in [2.45, 2.75) is 0 Å². The van der Waals surface area contributed by atoms with Gasteiger partial charge in [0.1, 0.15) is 0 Å². The number of rotatable bonds is 0. The van der Waals surface area contributed by atoms with Crippen LogP contribution in [0, 0.1) is 5.95 Å². The van der Waals surface area contributed by atoms with Crippen LogP contribution in [0.25, 0.3) is 0 Å². The van der Waals surface area contributed by atoms with Crippen LogP contribution in [0.1, 0.15) is 0 Å². The molecule has 0 amide bonds. The normalized spacial score (nSPS) is 8.22. The van der Waals surface area contributed by atoms with Crippen LogP contribution in [-0.4, -0.2) is 28.0 Å². The molecular formula is C5H5ClFMgN. The van der Waals surface area contributed by atoms with E-state index in [4.69, 9.17) is 11.6 Å². The minimum absolute atomic E-state index is 0. The number of pyridine rings is 1. The average molecular weight is 158 g/mol. The molecule has 1 heterocycles. The number of hydrogen-bond donors (Lipinski definition) is 0. The van der Waals surface area contributed by atoms with Crippen molar-refractivity contribution in [1.29, 1.82) is 0 Å². The molecule has 0 radical (unpaired) electrons. The summed E-state index contributed by atoms with van der Waals surface area (Å²) in [6.07, 6.45) is 1.32. The maximum atomic E-state index is 12.0. The van der Waals surface area contributed by atoms with Gasteiger partial charge in [-0.25, -0.2) is 4.98 Å². The zero-order chi connectivity index (χ0) is 5.98. The van der Waals surface area contributed by atoms with E-state index >= 15 is 0 Å². The summed E-state index contributed by atoms with van der Waals surface area (Å²) in [7, 11) is 0. The predicted molar refractivity (Wildman–Crippen MR) is 37.7 cm³/mol. The van der Waals surface area contributed by atoms with Gasteiger partial charge in [-0.3, -0.25) is 0 Å². The van der Waals surface area contributed by atoms with Gasteiger partial charge in [-0.15, -0.1) is 0 Å². The number of halogens is 2. The minimum atomic E-state index is -0.544. The van der Waals surface area contributed by atoms with Gasteiger partial charge in [0.25, 0.3) is 0 Å². The highest BCUT2D eigenvalue weighted by molar-refractivity contribution is 6.30. The van der Waals surface area contributed by atoms with E-state index in [1.54, 1.807) is 0 Å². The molecule has 1 aromatic rings. The Labute approximate surface area is 73.4 Å². The van der Waals surface area contributed by atoms with Crippen molar-refractivity contribution in [1.82, 2.24) is 4.98 Å². The molecule has 1 aromatic heterocycles. The molecule has 0 saturated carbocycles. The molecular weight excluding hydrogens is 153 g/mol. The second kappa shape index (κ2) is 4.03. The third-order valence-corrected chi connectivity index (χ3v) is 0.924. The fourth-order valence-corrected chi connectivity index (χ4v) is 0.525. The van der Waals surface area contributed by atoms with E-state index in [0.29, 0.717) is 5.02 Å². The molecule has 0 fully saturated rings. The largest absolute Gasteiger partial charge is 0.316 e. The van der Waals surface area contributed by atoms with Crippen molar-refractivity contribution in [3.8, 4) is 0 Å². The van der Waals surface area contributed by atoms with E-state index < -0.39 is 5.95 Å². The Morgan fingerprint density at radius 1 is 1.56 bits per heavy atom. The molecule has 9 heavy (non-hydrogen) atoms. The lowest BCUT2D eigenvalue weighted by atomic mass is 10.5. The van der Waals surface area contributed by atoms with Crippen LogP contribution < -0.4 is 0 Å². The SMILES string of the molecule is Fc1cc(Cl)ccn1.[MgH2]. The van der Waals surface area contributed by atoms with Gasteiger partial charge in [0.15, 0.2) is 0 Å². The van der Waals surface area contributed by atoms with E-state index in [1.807, 2.05) is 0 Å². The first-order valence-corrected chi connectivity index (χ1v) is 2.44. The maximum absolute atomic E-state index is 12.0. The topological polar surface area (TPSA) is 12.9 Å². The van der Waals surface area contributed by atoms with Crippen LogP contribution >= 0.6 is 11.6 Å². The van der Waals surface area contributed by atoms with Crippen molar-refractivity contribution in [2.24, 2.45) is 0 Å². The molecule has 0 unspecified atom stereocenters. The van der Waals surface area contributed by atoms with E-state index in [1.165, 1.54) is 12.3 Å². The van der Waals surface area contributed by atoms with Crippen LogP contribution in [0.4, 0.5) is 4.39 Å². The Morgan fingerprint density at radius 3 is 2.56 bits per heavy atom. The van der Waals surface area contributed by atoms with Crippen LogP contribution in [0.2, 0.25) is 5.02 Å². The molecule has 4 heteroatoms. The van der Waals surface area contributed by atoms with E-state index in [9.17, 15) is 4.39 Å². The molecule has 0 aliphatic carbocycles. The first kappa shape index (κ1) is 9.14. The fourth-order valence-electron chi connectivity index (χ4n) is 0.379. The smallest absolute Gasteiger partial charge is 0.228 e. The lowest BCUT2D eigenvalue weighted by Crippen LogP contribution is -1.76. The third kappa shape index (κ3) is 2.98. The summed E-state index contributed by atoms with van der Waals surface area (Å²) in [5.41, 5.74) is 0. The van der Waals surface area contributed by atoms with Gasteiger partial charge in [-0.1, -0.05) is 11.6 Å². The summed E-state index contributed by atoms with van der Waals surface area (Å²) in [5.74, 6) is -0.544. The molecule has 46 valence electrons. The summed E-state index contributed by atoms with van der Waals surface area (Å²) in [4.78, 5) is 3.29. The monoisotopic (exact) mass is 157 g/mol. The van der Waals surface area contributed by atoms with Crippen molar-refractivity contribution < 1.29 is 4.39 Å². The van der Waals surface area contributed by atoms with E-state index in [-0.39, 0.29) is 23.1 Å². The molecule has 0 spiro atoms. The quantitative estimate of drug-likeness (QED) is 0.404. The van der Waals surface area contributed by atoms with Gasteiger partial charge < -0.3 is 0 Å². The van der Waals surface area contributed by atoms with Gasteiger partial charge in [0.2, 0.25) is 5.95 Å².